The van der Waals surface area contributed by atoms with Crippen molar-refractivity contribution < 1.29 is 25.5 Å². The van der Waals surface area contributed by atoms with Crippen molar-refractivity contribution in [2.75, 3.05) is 0 Å². The fourth-order valence-corrected chi connectivity index (χ4v) is 13.2. The molecule has 0 aromatic heterocycles. The van der Waals surface area contributed by atoms with Crippen LogP contribution in [0, 0.1) is 10.8 Å². The molecular formula is C27H38O5Si. The first-order valence-electron chi connectivity index (χ1n) is 11.7. The van der Waals surface area contributed by atoms with Crippen molar-refractivity contribution in [1.29, 1.82) is 0 Å². The lowest BCUT2D eigenvalue weighted by Gasteiger charge is -2.49. The molecule has 5 nitrogen and oxygen atoms in total. The Morgan fingerprint density at radius 2 is 1.15 bits per heavy atom. The van der Waals surface area contributed by atoms with Gasteiger partial charge in [-0.05, 0) is 5.04 Å². The first-order valence-corrected chi connectivity index (χ1v) is 13.7. The van der Waals surface area contributed by atoms with Gasteiger partial charge in [-0.1, -0.05) is 120 Å². The van der Waals surface area contributed by atoms with Crippen molar-refractivity contribution in [2.24, 2.45) is 10.8 Å². The van der Waals surface area contributed by atoms with E-state index in [1.54, 1.807) is 27.7 Å². The topological polar surface area (TPSA) is 101 Å². The zero-order valence-electron chi connectivity index (χ0n) is 20.7. The summed E-state index contributed by atoms with van der Waals surface area (Å²) in [5, 5.41) is 60.1. The smallest absolute Gasteiger partial charge is 0.157 e. The summed E-state index contributed by atoms with van der Waals surface area (Å²) in [6, 6.07) is 19.5. The van der Waals surface area contributed by atoms with Crippen LogP contribution in [-0.4, -0.2) is 62.2 Å². The Morgan fingerprint density at radius 1 is 0.788 bits per heavy atom. The van der Waals surface area contributed by atoms with Crippen molar-refractivity contribution in [3.05, 3.63) is 60.7 Å². The molecule has 0 amide bonds. The highest BCUT2D eigenvalue weighted by molar-refractivity contribution is 7.05. The number of hydrogen-bond donors (Lipinski definition) is 5. The van der Waals surface area contributed by atoms with Gasteiger partial charge in [-0.25, -0.2) is 0 Å². The second-order valence-electron chi connectivity index (χ2n) is 12.2. The summed E-state index contributed by atoms with van der Waals surface area (Å²) in [6.45, 7) is 12.8. The lowest BCUT2D eigenvalue weighted by molar-refractivity contribution is -0.123. The van der Waals surface area contributed by atoms with Crippen LogP contribution in [0.2, 0.25) is 5.04 Å². The third kappa shape index (κ3) is 2.44. The molecule has 4 rings (SSSR count). The van der Waals surface area contributed by atoms with E-state index in [4.69, 9.17) is 0 Å². The minimum atomic E-state index is -3.27. The van der Waals surface area contributed by atoms with Gasteiger partial charge in [-0.2, -0.15) is 0 Å². The maximum absolute atomic E-state index is 12.4. The summed E-state index contributed by atoms with van der Waals surface area (Å²) in [7, 11) is -3.27. The molecule has 0 spiro atoms. The Labute approximate surface area is 197 Å². The molecule has 5 atom stereocenters. The Hall–Kier alpha value is -1.54. The summed E-state index contributed by atoms with van der Waals surface area (Å²) < 4.78 is 0. The molecule has 2 saturated carbocycles. The first-order chi connectivity index (χ1) is 15.0. The Balaban J connectivity index is 2.01. The van der Waals surface area contributed by atoms with Gasteiger partial charge in [0.05, 0.1) is 11.8 Å². The fraction of sp³-hybridized carbons (Fsp3) is 0.556. The molecule has 33 heavy (non-hydrogen) atoms. The molecule has 5 N–H and O–H groups in total. The lowest BCUT2D eigenvalue weighted by atomic mass is 9.93. The van der Waals surface area contributed by atoms with E-state index in [2.05, 4.69) is 20.8 Å². The van der Waals surface area contributed by atoms with E-state index >= 15 is 0 Å². The van der Waals surface area contributed by atoms with Gasteiger partial charge in [0.15, 0.2) is 8.07 Å². The van der Waals surface area contributed by atoms with Crippen LogP contribution >= 0.6 is 0 Å². The molecule has 2 aromatic carbocycles. The average molecular weight is 471 g/mol. The van der Waals surface area contributed by atoms with Crippen LogP contribution in [0.1, 0.15) is 48.5 Å². The van der Waals surface area contributed by atoms with Gasteiger partial charge in [0.2, 0.25) is 0 Å². The maximum Gasteiger partial charge on any atom is 0.157 e. The summed E-state index contributed by atoms with van der Waals surface area (Å²) in [5.41, 5.74) is -9.74. The van der Waals surface area contributed by atoms with E-state index in [0.29, 0.717) is 0 Å². The lowest BCUT2D eigenvalue weighted by Crippen LogP contribution is -2.76. The number of aliphatic hydroxyl groups is 5. The molecule has 0 saturated heterocycles. The molecule has 0 heterocycles. The van der Waals surface area contributed by atoms with E-state index in [9.17, 15) is 25.5 Å². The molecule has 180 valence electrons. The van der Waals surface area contributed by atoms with Crippen molar-refractivity contribution in [3.63, 3.8) is 0 Å². The van der Waals surface area contributed by atoms with Gasteiger partial charge >= 0.3 is 0 Å². The van der Waals surface area contributed by atoms with Gasteiger partial charge in [0, 0.05) is 10.8 Å². The van der Waals surface area contributed by atoms with E-state index < -0.39 is 52.6 Å². The second-order valence-corrected chi connectivity index (χ2v) is 17.0. The summed E-state index contributed by atoms with van der Waals surface area (Å²) in [6.07, 6.45) is -1.21. The number of hydrogen-bond acceptors (Lipinski definition) is 5. The largest absolute Gasteiger partial charge is 0.393 e. The number of aliphatic hydroxyl groups excluding tert-OH is 2. The highest BCUT2D eigenvalue weighted by Crippen LogP contribution is 2.80. The van der Waals surface area contributed by atoms with E-state index in [1.807, 2.05) is 60.7 Å². The van der Waals surface area contributed by atoms with Crippen LogP contribution in [0.3, 0.4) is 0 Å². The summed E-state index contributed by atoms with van der Waals surface area (Å²) >= 11 is 0. The third-order valence-corrected chi connectivity index (χ3v) is 15.4. The molecule has 0 radical (unpaired) electrons. The quantitative estimate of drug-likeness (QED) is 0.427. The van der Waals surface area contributed by atoms with Gasteiger partial charge in [-0.15, -0.1) is 0 Å². The molecule has 2 aromatic rings. The van der Waals surface area contributed by atoms with Crippen LogP contribution in [0.25, 0.3) is 0 Å². The highest BCUT2D eigenvalue weighted by Gasteiger charge is 3.00. The van der Waals surface area contributed by atoms with Crippen molar-refractivity contribution >= 4 is 18.4 Å². The molecule has 6 heteroatoms. The maximum atomic E-state index is 12.4. The van der Waals surface area contributed by atoms with Crippen LogP contribution in [-0.2, 0) is 0 Å². The van der Waals surface area contributed by atoms with Crippen LogP contribution in [0.5, 0.6) is 0 Å². The molecule has 2 unspecified atom stereocenters. The molecule has 2 aliphatic rings. The second kappa shape index (κ2) is 6.77. The van der Waals surface area contributed by atoms with Gasteiger partial charge in [0.1, 0.15) is 16.8 Å². The average Bonchev–Trinajstić information content (AvgIpc) is 3.34. The molecule has 0 bridgehead atoms. The monoisotopic (exact) mass is 470 g/mol. The molecule has 2 aliphatic carbocycles. The molecular weight excluding hydrogens is 432 g/mol. The van der Waals surface area contributed by atoms with Crippen molar-refractivity contribution in [2.45, 2.75) is 82.1 Å². The Bertz CT molecular complexity index is 1010. The summed E-state index contributed by atoms with van der Waals surface area (Å²) in [5.74, 6) is 0. The highest BCUT2D eigenvalue weighted by atomic mass is 28.3. The SMILES string of the molecule is CC1(C)C(O)[C@]1(O)[C@]1(O)C(C)(C)[C@@]1(O)C(O)[Si](c1ccccc1)(c1ccccc1)C(C)(C)C. The van der Waals surface area contributed by atoms with Crippen LogP contribution < -0.4 is 10.4 Å². The van der Waals surface area contributed by atoms with Gasteiger partial charge < -0.3 is 25.5 Å². The van der Waals surface area contributed by atoms with E-state index in [-0.39, 0.29) is 0 Å². The van der Waals surface area contributed by atoms with E-state index in [0.717, 1.165) is 10.4 Å². The summed E-state index contributed by atoms with van der Waals surface area (Å²) in [4.78, 5) is 0. The van der Waals surface area contributed by atoms with Crippen molar-refractivity contribution in [3.8, 4) is 0 Å². The van der Waals surface area contributed by atoms with Gasteiger partial charge in [0.25, 0.3) is 0 Å². The minimum absolute atomic E-state index is 0.481. The first kappa shape index (κ1) is 24.6. The Kier molecular flexibility index (Phi) is 5.05. The minimum Gasteiger partial charge on any atom is -0.393 e. The molecule has 2 fully saturated rings. The predicted molar refractivity (Wildman–Crippen MR) is 132 cm³/mol. The zero-order chi connectivity index (χ0) is 24.9. The van der Waals surface area contributed by atoms with Crippen LogP contribution in [0.15, 0.2) is 60.7 Å². The van der Waals surface area contributed by atoms with Crippen LogP contribution in [0.4, 0.5) is 0 Å². The number of benzene rings is 2. The third-order valence-electron chi connectivity index (χ3n) is 9.32. The number of rotatable bonds is 5. The van der Waals surface area contributed by atoms with Crippen molar-refractivity contribution in [1.82, 2.24) is 0 Å². The standard InChI is InChI=1S/C27H38O5Si/c1-22(2,3)33(18-14-10-8-11-15-18,19-16-12-9-13-17-19)21(29)26(31)24(6,7)27(26,32)25(30)20(28)23(25,4)5/h8-17,20-21,28-32H,1-7H3/t20?,21?,25-,26+,27-/m1/s1. The van der Waals surface area contributed by atoms with E-state index in [1.165, 1.54) is 0 Å². The normalized spacial score (nSPS) is 35.7. The van der Waals surface area contributed by atoms with Gasteiger partial charge in [-0.3, -0.25) is 0 Å². The Morgan fingerprint density at radius 3 is 1.45 bits per heavy atom. The zero-order valence-corrected chi connectivity index (χ0v) is 21.7. The fourth-order valence-electron chi connectivity index (χ4n) is 7.02. The molecule has 0 aliphatic heterocycles. The predicted octanol–water partition coefficient (Wildman–Crippen LogP) is 1.58.